The molecule has 0 N–H and O–H groups in total. The summed E-state index contributed by atoms with van der Waals surface area (Å²) < 4.78 is 5.87. The highest BCUT2D eigenvalue weighted by atomic mass is 16.5. The van der Waals surface area contributed by atoms with E-state index in [1.54, 1.807) is 0 Å². The van der Waals surface area contributed by atoms with Gasteiger partial charge in [-0.3, -0.25) is 0 Å². The van der Waals surface area contributed by atoms with Gasteiger partial charge in [0.05, 0.1) is 0 Å². The smallest absolute Gasteiger partial charge is 0.0468 e. The molecule has 0 aromatic rings. The molecule has 0 saturated heterocycles. The maximum atomic E-state index is 5.87. The van der Waals surface area contributed by atoms with Crippen LogP contribution in [0.2, 0.25) is 0 Å². The summed E-state index contributed by atoms with van der Waals surface area (Å²) in [5.41, 5.74) is 0.972. The molecule has 0 amide bonds. The van der Waals surface area contributed by atoms with E-state index in [0.29, 0.717) is 10.8 Å². The molecule has 21 heavy (non-hydrogen) atoms. The van der Waals surface area contributed by atoms with Crippen LogP contribution in [0.25, 0.3) is 0 Å². The van der Waals surface area contributed by atoms with Crippen LogP contribution in [-0.2, 0) is 4.74 Å². The lowest BCUT2D eigenvalue weighted by molar-refractivity contribution is 0.0977. The lowest BCUT2D eigenvalue weighted by Crippen LogP contribution is -2.17. The molecule has 0 rings (SSSR count). The zero-order valence-corrected chi connectivity index (χ0v) is 16.2. The van der Waals surface area contributed by atoms with Crippen LogP contribution >= 0.6 is 0 Å². The van der Waals surface area contributed by atoms with Gasteiger partial charge in [-0.15, -0.1) is 0 Å². The average Bonchev–Trinajstić information content (AvgIpc) is 2.37. The third kappa shape index (κ3) is 11.2. The highest BCUT2D eigenvalue weighted by Gasteiger charge is 2.19. The van der Waals surface area contributed by atoms with E-state index in [0.717, 1.165) is 25.0 Å². The molecule has 0 radical (unpaired) electrons. The zero-order valence-electron chi connectivity index (χ0n) is 16.2. The first kappa shape index (κ1) is 21.0. The van der Waals surface area contributed by atoms with E-state index in [2.05, 4.69) is 55.4 Å². The molecule has 2 unspecified atom stereocenters. The van der Waals surface area contributed by atoms with Crippen molar-refractivity contribution in [2.24, 2.45) is 22.7 Å². The molecule has 0 aromatic carbocycles. The Hall–Kier alpha value is -0.0400. The monoisotopic (exact) mass is 298 g/mol. The molecule has 2 atom stereocenters. The summed E-state index contributed by atoms with van der Waals surface area (Å²) in [6.45, 7) is 20.7. The van der Waals surface area contributed by atoms with Gasteiger partial charge in [0.1, 0.15) is 0 Å². The Morgan fingerprint density at radius 1 is 0.714 bits per heavy atom. The minimum Gasteiger partial charge on any atom is -0.381 e. The predicted molar refractivity (Wildman–Crippen MR) is 95.8 cm³/mol. The molecule has 1 heteroatoms. The van der Waals surface area contributed by atoms with Gasteiger partial charge in [-0.25, -0.2) is 0 Å². The van der Waals surface area contributed by atoms with E-state index in [-0.39, 0.29) is 0 Å². The standard InChI is InChI=1S/C20H42O/c1-9-19(5,6)15-17(3)11-13-21-14-12-18(4)16-20(7,8)10-2/h17-18H,9-16H2,1-8H3. The van der Waals surface area contributed by atoms with Gasteiger partial charge in [0.15, 0.2) is 0 Å². The zero-order chi connectivity index (χ0) is 16.5. The molecule has 0 aliphatic heterocycles. The van der Waals surface area contributed by atoms with Crippen molar-refractivity contribution in [2.45, 2.75) is 93.9 Å². The van der Waals surface area contributed by atoms with Crippen molar-refractivity contribution in [3.05, 3.63) is 0 Å². The summed E-state index contributed by atoms with van der Waals surface area (Å²) in [7, 11) is 0. The Kier molecular flexibility index (Phi) is 9.85. The van der Waals surface area contributed by atoms with E-state index >= 15 is 0 Å². The fourth-order valence-corrected chi connectivity index (χ4v) is 3.05. The van der Waals surface area contributed by atoms with Crippen molar-refractivity contribution in [1.82, 2.24) is 0 Å². The summed E-state index contributed by atoms with van der Waals surface area (Å²) >= 11 is 0. The first-order valence-electron chi connectivity index (χ1n) is 9.19. The van der Waals surface area contributed by atoms with Crippen LogP contribution in [-0.4, -0.2) is 13.2 Å². The van der Waals surface area contributed by atoms with Crippen LogP contribution in [0.15, 0.2) is 0 Å². The Labute approximate surface area is 135 Å². The van der Waals surface area contributed by atoms with E-state index < -0.39 is 0 Å². The highest BCUT2D eigenvalue weighted by Crippen LogP contribution is 2.31. The van der Waals surface area contributed by atoms with Crippen LogP contribution < -0.4 is 0 Å². The maximum Gasteiger partial charge on any atom is 0.0468 e. The third-order valence-corrected chi connectivity index (χ3v) is 5.23. The number of hydrogen-bond donors (Lipinski definition) is 0. The fraction of sp³-hybridized carbons (Fsp3) is 1.00. The lowest BCUT2D eigenvalue weighted by atomic mass is 9.80. The van der Waals surface area contributed by atoms with Crippen LogP contribution in [0.4, 0.5) is 0 Å². The van der Waals surface area contributed by atoms with Gasteiger partial charge in [0.25, 0.3) is 0 Å². The topological polar surface area (TPSA) is 9.23 Å². The molecule has 0 spiro atoms. The molecule has 0 aliphatic rings. The Bertz CT molecular complexity index is 229. The summed E-state index contributed by atoms with van der Waals surface area (Å²) in [5.74, 6) is 1.55. The molecule has 0 fully saturated rings. The predicted octanol–water partition coefficient (Wildman–Crippen LogP) is 6.71. The summed E-state index contributed by atoms with van der Waals surface area (Å²) in [6.07, 6.45) is 7.57. The van der Waals surface area contributed by atoms with Gasteiger partial charge in [0, 0.05) is 13.2 Å². The SMILES string of the molecule is CCC(C)(C)CC(C)CCOCCC(C)CC(C)(C)CC. The molecular weight excluding hydrogens is 256 g/mol. The summed E-state index contributed by atoms with van der Waals surface area (Å²) in [4.78, 5) is 0. The van der Waals surface area contributed by atoms with Gasteiger partial charge < -0.3 is 4.74 Å². The lowest BCUT2D eigenvalue weighted by Gasteiger charge is -2.27. The van der Waals surface area contributed by atoms with Gasteiger partial charge in [-0.1, -0.05) is 68.2 Å². The average molecular weight is 299 g/mol. The van der Waals surface area contributed by atoms with Crippen LogP contribution in [0.1, 0.15) is 93.9 Å². The van der Waals surface area contributed by atoms with Crippen molar-refractivity contribution in [2.75, 3.05) is 13.2 Å². The highest BCUT2D eigenvalue weighted by molar-refractivity contribution is 4.71. The van der Waals surface area contributed by atoms with Crippen LogP contribution in [0, 0.1) is 22.7 Å². The molecule has 0 heterocycles. The quantitative estimate of drug-likeness (QED) is 0.364. The van der Waals surface area contributed by atoms with Crippen molar-refractivity contribution in [1.29, 1.82) is 0 Å². The van der Waals surface area contributed by atoms with Crippen LogP contribution in [0.3, 0.4) is 0 Å². The van der Waals surface area contributed by atoms with Crippen LogP contribution in [0.5, 0.6) is 0 Å². The second kappa shape index (κ2) is 9.87. The summed E-state index contributed by atoms with van der Waals surface area (Å²) in [5, 5.41) is 0. The molecule has 128 valence electrons. The van der Waals surface area contributed by atoms with Gasteiger partial charge >= 0.3 is 0 Å². The minimum absolute atomic E-state index is 0.486. The van der Waals surface area contributed by atoms with Gasteiger partial charge in [-0.2, -0.15) is 0 Å². The maximum absolute atomic E-state index is 5.87. The molecule has 0 bridgehead atoms. The Morgan fingerprint density at radius 3 is 1.33 bits per heavy atom. The second-order valence-corrected chi connectivity index (χ2v) is 8.84. The second-order valence-electron chi connectivity index (χ2n) is 8.84. The summed E-state index contributed by atoms with van der Waals surface area (Å²) in [6, 6.07) is 0. The van der Waals surface area contributed by atoms with E-state index in [1.807, 2.05) is 0 Å². The van der Waals surface area contributed by atoms with Gasteiger partial charge in [0.2, 0.25) is 0 Å². The van der Waals surface area contributed by atoms with Gasteiger partial charge in [-0.05, 0) is 48.3 Å². The van der Waals surface area contributed by atoms with E-state index in [9.17, 15) is 0 Å². The molecule has 0 aliphatic carbocycles. The van der Waals surface area contributed by atoms with E-state index in [4.69, 9.17) is 4.74 Å². The molecule has 1 nitrogen and oxygen atoms in total. The number of hydrogen-bond acceptors (Lipinski definition) is 1. The van der Waals surface area contributed by atoms with E-state index in [1.165, 1.54) is 38.5 Å². The molecular formula is C20H42O. The normalized spacial score (nSPS) is 16.0. The first-order valence-corrected chi connectivity index (χ1v) is 9.19. The Balaban J connectivity index is 3.68. The Morgan fingerprint density at radius 2 is 1.05 bits per heavy atom. The molecule has 0 aromatic heterocycles. The number of rotatable bonds is 12. The minimum atomic E-state index is 0.486. The largest absolute Gasteiger partial charge is 0.381 e. The van der Waals surface area contributed by atoms with Crippen molar-refractivity contribution >= 4 is 0 Å². The van der Waals surface area contributed by atoms with Crippen molar-refractivity contribution < 1.29 is 4.74 Å². The first-order chi connectivity index (χ1) is 9.62. The van der Waals surface area contributed by atoms with Crippen molar-refractivity contribution in [3.63, 3.8) is 0 Å². The third-order valence-electron chi connectivity index (χ3n) is 5.23. The number of ether oxygens (including phenoxy) is 1. The fourth-order valence-electron chi connectivity index (χ4n) is 3.05. The molecule has 0 saturated carbocycles. The van der Waals surface area contributed by atoms with Crippen molar-refractivity contribution in [3.8, 4) is 0 Å².